The molecular weight excluding hydrogens is 271 g/mol. The molecule has 0 aliphatic carbocycles. The van der Waals surface area contributed by atoms with Gasteiger partial charge in [-0.05, 0) is 38.4 Å². The van der Waals surface area contributed by atoms with Crippen LogP contribution in [0.5, 0.6) is 0 Å². The Balaban J connectivity index is 2.13. The molecule has 1 N–H and O–H groups in total. The van der Waals surface area contributed by atoms with Gasteiger partial charge in [0.05, 0.1) is 12.2 Å². The Kier molecular flexibility index (Phi) is 5.70. The van der Waals surface area contributed by atoms with Crippen LogP contribution in [-0.2, 0) is 4.74 Å². The number of benzene rings is 1. The van der Waals surface area contributed by atoms with Gasteiger partial charge in [0, 0.05) is 26.2 Å². The Morgan fingerprint density at radius 3 is 3.00 bits per heavy atom. The maximum absolute atomic E-state index is 13.9. The molecule has 1 aliphatic rings. The number of ether oxygens (including phenoxy) is 1. The van der Waals surface area contributed by atoms with E-state index in [9.17, 15) is 9.18 Å². The van der Waals surface area contributed by atoms with E-state index in [1.807, 2.05) is 6.92 Å². The van der Waals surface area contributed by atoms with Gasteiger partial charge in [0.2, 0.25) is 0 Å². The summed E-state index contributed by atoms with van der Waals surface area (Å²) in [6, 6.07) is 4.92. The molecule has 1 amide bonds. The number of nitrogens with zero attached hydrogens (tertiary/aromatic N) is 1. The van der Waals surface area contributed by atoms with Crippen LogP contribution in [0.1, 0.15) is 28.8 Å². The van der Waals surface area contributed by atoms with E-state index >= 15 is 0 Å². The molecule has 5 heteroatoms. The molecule has 1 aliphatic heterocycles. The lowest BCUT2D eigenvalue weighted by Crippen LogP contribution is -2.43. The second-order valence-corrected chi connectivity index (χ2v) is 5.52. The van der Waals surface area contributed by atoms with Crippen molar-refractivity contribution in [3.8, 4) is 0 Å². The van der Waals surface area contributed by atoms with Crippen LogP contribution < -0.4 is 5.32 Å². The SMILES string of the molecule is COCCN(CC1CCCN1)C(=O)c1cc(C)ccc1F. The van der Waals surface area contributed by atoms with Gasteiger partial charge in [-0.15, -0.1) is 0 Å². The van der Waals surface area contributed by atoms with Gasteiger partial charge in [0.25, 0.3) is 5.91 Å². The maximum Gasteiger partial charge on any atom is 0.256 e. The first kappa shape index (κ1) is 15.9. The molecule has 4 nitrogen and oxygen atoms in total. The molecule has 116 valence electrons. The zero-order valence-corrected chi connectivity index (χ0v) is 12.7. The minimum Gasteiger partial charge on any atom is -0.383 e. The van der Waals surface area contributed by atoms with E-state index in [1.54, 1.807) is 24.1 Å². The minimum atomic E-state index is -0.465. The minimum absolute atomic E-state index is 0.143. The van der Waals surface area contributed by atoms with Crippen molar-refractivity contribution in [2.45, 2.75) is 25.8 Å². The van der Waals surface area contributed by atoms with Crippen LogP contribution >= 0.6 is 0 Å². The highest BCUT2D eigenvalue weighted by molar-refractivity contribution is 5.94. The average Bonchev–Trinajstić information content (AvgIpc) is 2.98. The van der Waals surface area contributed by atoms with Crippen molar-refractivity contribution in [3.63, 3.8) is 0 Å². The molecular formula is C16H23FN2O2. The van der Waals surface area contributed by atoms with Crippen LogP contribution in [0.2, 0.25) is 0 Å². The number of aryl methyl sites for hydroxylation is 1. The maximum atomic E-state index is 13.9. The highest BCUT2D eigenvalue weighted by atomic mass is 19.1. The molecule has 21 heavy (non-hydrogen) atoms. The van der Waals surface area contributed by atoms with Gasteiger partial charge in [-0.25, -0.2) is 4.39 Å². The Morgan fingerprint density at radius 2 is 2.33 bits per heavy atom. The topological polar surface area (TPSA) is 41.6 Å². The van der Waals surface area contributed by atoms with Crippen molar-refractivity contribution in [1.82, 2.24) is 10.2 Å². The summed E-state index contributed by atoms with van der Waals surface area (Å²) >= 11 is 0. The normalized spacial score (nSPS) is 18.0. The van der Waals surface area contributed by atoms with Gasteiger partial charge in [-0.1, -0.05) is 11.6 Å². The van der Waals surface area contributed by atoms with Crippen molar-refractivity contribution >= 4 is 5.91 Å². The van der Waals surface area contributed by atoms with Crippen molar-refractivity contribution in [3.05, 3.63) is 35.1 Å². The predicted molar refractivity (Wildman–Crippen MR) is 79.9 cm³/mol. The first-order valence-corrected chi connectivity index (χ1v) is 7.39. The summed E-state index contributed by atoms with van der Waals surface area (Å²) in [6.07, 6.45) is 2.17. The van der Waals surface area contributed by atoms with Crippen molar-refractivity contribution in [2.75, 3.05) is 33.4 Å². The molecule has 1 heterocycles. The highest BCUT2D eigenvalue weighted by Gasteiger charge is 2.24. The molecule has 2 rings (SSSR count). The molecule has 1 saturated heterocycles. The summed E-state index contributed by atoms with van der Waals surface area (Å²) in [6.45, 7) is 4.35. The third-order valence-electron chi connectivity index (χ3n) is 3.81. The molecule has 0 aromatic heterocycles. The lowest BCUT2D eigenvalue weighted by atomic mass is 10.1. The molecule has 0 bridgehead atoms. The number of carbonyl (C=O) groups excluding carboxylic acids is 1. The van der Waals surface area contributed by atoms with Gasteiger partial charge in [-0.2, -0.15) is 0 Å². The predicted octanol–water partition coefficient (Wildman–Crippen LogP) is 1.97. The van der Waals surface area contributed by atoms with Crippen LogP contribution in [0, 0.1) is 12.7 Å². The standard InChI is InChI=1S/C16H23FN2O2/c1-12-5-6-15(17)14(10-12)16(20)19(8-9-21-2)11-13-4-3-7-18-13/h5-6,10,13,18H,3-4,7-9,11H2,1-2H3. The molecule has 0 spiro atoms. The molecule has 1 atom stereocenters. The number of halogens is 1. The van der Waals surface area contributed by atoms with Gasteiger partial charge < -0.3 is 15.0 Å². The third-order valence-corrected chi connectivity index (χ3v) is 3.81. The van der Waals surface area contributed by atoms with E-state index in [1.165, 1.54) is 6.07 Å². The largest absolute Gasteiger partial charge is 0.383 e. The quantitative estimate of drug-likeness (QED) is 0.872. The number of methoxy groups -OCH3 is 1. The first-order chi connectivity index (χ1) is 10.1. The van der Waals surface area contributed by atoms with Gasteiger partial charge in [0.1, 0.15) is 5.82 Å². The smallest absolute Gasteiger partial charge is 0.256 e. The number of carbonyl (C=O) groups is 1. The van der Waals surface area contributed by atoms with Crippen molar-refractivity contribution < 1.29 is 13.9 Å². The number of amides is 1. The number of nitrogens with one attached hydrogen (secondary N) is 1. The Morgan fingerprint density at radius 1 is 1.52 bits per heavy atom. The fourth-order valence-electron chi connectivity index (χ4n) is 2.63. The molecule has 0 saturated carbocycles. The second kappa shape index (κ2) is 7.52. The highest BCUT2D eigenvalue weighted by Crippen LogP contribution is 2.15. The average molecular weight is 294 g/mol. The number of hydrogen-bond acceptors (Lipinski definition) is 3. The van der Waals surface area contributed by atoms with E-state index in [-0.39, 0.29) is 11.5 Å². The Bertz CT molecular complexity index is 487. The third kappa shape index (κ3) is 4.25. The first-order valence-electron chi connectivity index (χ1n) is 7.39. The van der Waals surface area contributed by atoms with E-state index in [0.29, 0.717) is 25.7 Å². The van der Waals surface area contributed by atoms with Crippen LogP contribution in [-0.4, -0.2) is 50.2 Å². The van der Waals surface area contributed by atoms with Gasteiger partial charge in [-0.3, -0.25) is 4.79 Å². The van der Waals surface area contributed by atoms with Crippen molar-refractivity contribution in [1.29, 1.82) is 0 Å². The molecule has 1 aromatic carbocycles. The lowest BCUT2D eigenvalue weighted by molar-refractivity contribution is 0.0674. The lowest BCUT2D eigenvalue weighted by Gasteiger charge is -2.26. The Labute approximate surface area is 125 Å². The molecule has 1 aromatic rings. The zero-order valence-electron chi connectivity index (χ0n) is 12.7. The summed E-state index contributed by atoms with van der Waals surface area (Å²) in [4.78, 5) is 14.3. The summed E-state index contributed by atoms with van der Waals surface area (Å²) < 4.78 is 19.0. The van der Waals surface area contributed by atoms with Crippen LogP contribution in [0.3, 0.4) is 0 Å². The summed E-state index contributed by atoms with van der Waals surface area (Å²) in [5.41, 5.74) is 1.02. The molecule has 0 radical (unpaired) electrons. The summed E-state index contributed by atoms with van der Waals surface area (Å²) in [5, 5.41) is 3.37. The fraction of sp³-hybridized carbons (Fsp3) is 0.562. The number of rotatable bonds is 6. The van der Waals surface area contributed by atoms with E-state index in [0.717, 1.165) is 24.9 Å². The van der Waals surface area contributed by atoms with Crippen LogP contribution in [0.4, 0.5) is 4.39 Å². The zero-order chi connectivity index (χ0) is 15.2. The summed E-state index contributed by atoms with van der Waals surface area (Å²) in [5.74, 6) is -0.727. The fourth-order valence-corrected chi connectivity index (χ4v) is 2.63. The van der Waals surface area contributed by atoms with Crippen LogP contribution in [0.15, 0.2) is 18.2 Å². The summed E-state index contributed by atoms with van der Waals surface area (Å²) in [7, 11) is 1.60. The molecule has 1 fully saturated rings. The molecule has 1 unspecified atom stereocenters. The Hall–Kier alpha value is -1.46. The number of hydrogen-bond donors (Lipinski definition) is 1. The van der Waals surface area contributed by atoms with Crippen molar-refractivity contribution in [2.24, 2.45) is 0 Å². The monoisotopic (exact) mass is 294 g/mol. The van der Waals surface area contributed by atoms with Gasteiger partial charge >= 0.3 is 0 Å². The van der Waals surface area contributed by atoms with E-state index < -0.39 is 5.82 Å². The van der Waals surface area contributed by atoms with E-state index in [4.69, 9.17) is 4.74 Å². The second-order valence-electron chi connectivity index (χ2n) is 5.52. The van der Waals surface area contributed by atoms with Gasteiger partial charge in [0.15, 0.2) is 0 Å². The van der Waals surface area contributed by atoms with E-state index in [2.05, 4.69) is 5.32 Å². The van der Waals surface area contributed by atoms with Crippen LogP contribution in [0.25, 0.3) is 0 Å².